The highest BCUT2D eigenvalue weighted by atomic mass is 16.5. The third kappa shape index (κ3) is 3.81. The van der Waals surface area contributed by atoms with Crippen LogP contribution in [0.5, 0.6) is 0 Å². The molecule has 0 saturated carbocycles. The molecule has 1 unspecified atom stereocenters. The van der Waals surface area contributed by atoms with E-state index in [0.717, 1.165) is 26.2 Å². The maximum Gasteiger partial charge on any atom is 0.0689 e. The molecule has 0 radical (unpaired) electrons. The van der Waals surface area contributed by atoms with Crippen LogP contribution >= 0.6 is 0 Å². The van der Waals surface area contributed by atoms with Gasteiger partial charge in [-0.25, -0.2) is 0 Å². The average Bonchev–Trinajstić information content (AvgIpc) is 2.14. The van der Waals surface area contributed by atoms with Crippen LogP contribution in [0, 0.1) is 5.41 Å². The van der Waals surface area contributed by atoms with Crippen molar-refractivity contribution in [1.82, 2.24) is 5.32 Å². The maximum absolute atomic E-state index is 5.39. The van der Waals surface area contributed by atoms with E-state index in [2.05, 4.69) is 39.1 Å². The van der Waals surface area contributed by atoms with Crippen molar-refractivity contribution in [1.29, 1.82) is 0 Å². The number of ether oxygens (including phenoxy) is 1. The fourth-order valence-electron chi connectivity index (χ4n) is 1.32. The summed E-state index contributed by atoms with van der Waals surface area (Å²) < 4.78 is 5.39. The van der Waals surface area contributed by atoms with E-state index in [1.807, 2.05) is 0 Å². The van der Waals surface area contributed by atoms with Crippen LogP contribution in [0.1, 0.15) is 34.1 Å². The Morgan fingerprint density at radius 3 is 2.71 bits per heavy atom. The largest absolute Gasteiger partial charge is 0.377 e. The van der Waals surface area contributed by atoms with Crippen molar-refractivity contribution in [2.24, 2.45) is 5.41 Å². The fraction of sp³-hybridized carbons (Fsp3) is 0.833. The minimum absolute atomic E-state index is 0.329. The van der Waals surface area contributed by atoms with Crippen molar-refractivity contribution in [3.05, 3.63) is 11.6 Å². The first-order chi connectivity index (χ1) is 6.50. The van der Waals surface area contributed by atoms with Gasteiger partial charge in [0.05, 0.1) is 13.2 Å². The molecule has 1 aliphatic heterocycles. The highest BCUT2D eigenvalue weighted by Gasteiger charge is 2.19. The third-order valence-electron chi connectivity index (χ3n) is 2.92. The summed E-state index contributed by atoms with van der Waals surface area (Å²) >= 11 is 0. The van der Waals surface area contributed by atoms with E-state index in [1.54, 1.807) is 0 Å². The zero-order valence-electron chi connectivity index (χ0n) is 9.89. The fourth-order valence-corrected chi connectivity index (χ4v) is 1.32. The zero-order chi connectivity index (χ0) is 10.6. The van der Waals surface area contributed by atoms with Gasteiger partial charge in [0.1, 0.15) is 0 Å². The number of nitrogens with one attached hydrogen (secondary N) is 1. The lowest BCUT2D eigenvalue weighted by Crippen LogP contribution is -2.39. The van der Waals surface area contributed by atoms with Crippen molar-refractivity contribution < 1.29 is 4.74 Å². The van der Waals surface area contributed by atoms with Crippen molar-refractivity contribution in [2.45, 2.75) is 40.2 Å². The maximum atomic E-state index is 5.39. The van der Waals surface area contributed by atoms with Gasteiger partial charge in [0.15, 0.2) is 0 Å². The second kappa shape index (κ2) is 4.94. The Labute approximate surface area is 87.7 Å². The molecule has 1 aliphatic rings. The lowest BCUT2D eigenvalue weighted by atomic mass is 9.88. The molecule has 2 heteroatoms. The van der Waals surface area contributed by atoms with Crippen LogP contribution < -0.4 is 5.32 Å². The van der Waals surface area contributed by atoms with Gasteiger partial charge >= 0.3 is 0 Å². The molecule has 0 amide bonds. The molecular formula is C12H23NO. The quantitative estimate of drug-likeness (QED) is 0.701. The predicted octanol–water partition coefficient (Wildman–Crippen LogP) is 2.36. The van der Waals surface area contributed by atoms with E-state index in [4.69, 9.17) is 4.74 Å². The molecular weight excluding hydrogens is 174 g/mol. The Kier molecular flexibility index (Phi) is 4.14. The molecule has 1 N–H and O–H groups in total. The van der Waals surface area contributed by atoms with Gasteiger partial charge in [-0.05, 0) is 24.3 Å². The minimum atomic E-state index is 0.329. The molecule has 1 heterocycles. The summed E-state index contributed by atoms with van der Waals surface area (Å²) in [5.74, 6) is 0. The SMILES string of the molecule is CC(NCC1=CCCOC1)C(C)(C)C. The van der Waals surface area contributed by atoms with Gasteiger partial charge in [-0.15, -0.1) is 0 Å². The van der Waals surface area contributed by atoms with E-state index < -0.39 is 0 Å². The van der Waals surface area contributed by atoms with Crippen LogP contribution in [0.4, 0.5) is 0 Å². The second-order valence-corrected chi connectivity index (χ2v) is 5.17. The Balaban J connectivity index is 2.29. The molecule has 14 heavy (non-hydrogen) atoms. The molecule has 0 bridgehead atoms. The molecule has 1 atom stereocenters. The Bertz CT molecular complexity index is 203. The first-order valence-corrected chi connectivity index (χ1v) is 5.49. The van der Waals surface area contributed by atoms with E-state index in [9.17, 15) is 0 Å². The number of rotatable bonds is 3. The number of hydrogen-bond donors (Lipinski definition) is 1. The summed E-state index contributed by atoms with van der Waals surface area (Å²) in [6, 6.07) is 0.533. The highest BCUT2D eigenvalue weighted by Crippen LogP contribution is 2.18. The average molecular weight is 197 g/mol. The Morgan fingerprint density at radius 1 is 1.50 bits per heavy atom. The summed E-state index contributed by atoms with van der Waals surface area (Å²) in [5.41, 5.74) is 1.73. The van der Waals surface area contributed by atoms with Crippen molar-refractivity contribution in [3.8, 4) is 0 Å². The van der Waals surface area contributed by atoms with Crippen LogP contribution in [-0.2, 0) is 4.74 Å². The van der Waals surface area contributed by atoms with Crippen LogP contribution in [-0.4, -0.2) is 25.8 Å². The zero-order valence-corrected chi connectivity index (χ0v) is 9.89. The molecule has 1 rings (SSSR count). The summed E-state index contributed by atoms with van der Waals surface area (Å²) in [5, 5.41) is 3.54. The topological polar surface area (TPSA) is 21.3 Å². The number of hydrogen-bond acceptors (Lipinski definition) is 2. The van der Waals surface area contributed by atoms with E-state index in [0.29, 0.717) is 11.5 Å². The normalized spacial score (nSPS) is 20.4. The van der Waals surface area contributed by atoms with Gasteiger partial charge in [0.25, 0.3) is 0 Å². The molecule has 0 spiro atoms. The van der Waals surface area contributed by atoms with Gasteiger partial charge < -0.3 is 10.1 Å². The van der Waals surface area contributed by atoms with Crippen molar-refractivity contribution in [2.75, 3.05) is 19.8 Å². The lowest BCUT2D eigenvalue weighted by Gasteiger charge is -2.29. The summed E-state index contributed by atoms with van der Waals surface area (Å²) in [6.45, 7) is 11.7. The highest BCUT2D eigenvalue weighted by molar-refractivity contribution is 5.07. The summed E-state index contributed by atoms with van der Waals surface area (Å²) in [4.78, 5) is 0. The molecule has 0 aliphatic carbocycles. The molecule has 0 aromatic heterocycles. The molecule has 0 aromatic rings. The monoisotopic (exact) mass is 197 g/mol. The molecule has 2 nitrogen and oxygen atoms in total. The predicted molar refractivity (Wildman–Crippen MR) is 60.4 cm³/mol. The van der Waals surface area contributed by atoms with Gasteiger partial charge in [-0.1, -0.05) is 26.8 Å². The van der Waals surface area contributed by atoms with E-state index in [-0.39, 0.29) is 0 Å². The van der Waals surface area contributed by atoms with Gasteiger partial charge in [-0.2, -0.15) is 0 Å². The van der Waals surface area contributed by atoms with Crippen LogP contribution in [0.15, 0.2) is 11.6 Å². The Hall–Kier alpha value is -0.340. The minimum Gasteiger partial charge on any atom is -0.377 e. The van der Waals surface area contributed by atoms with Crippen LogP contribution in [0.3, 0.4) is 0 Å². The van der Waals surface area contributed by atoms with E-state index in [1.165, 1.54) is 5.57 Å². The van der Waals surface area contributed by atoms with Gasteiger partial charge in [0.2, 0.25) is 0 Å². The van der Waals surface area contributed by atoms with Crippen molar-refractivity contribution in [3.63, 3.8) is 0 Å². The summed E-state index contributed by atoms with van der Waals surface area (Å²) in [6.07, 6.45) is 3.37. The lowest BCUT2D eigenvalue weighted by molar-refractivity contribution is 0.147. The smallest absolute Gasteiger partial charge is 0.0689 e. The van der Waals surface area contributed by atoms with Crippen LogP contribution in [0.25, 0.3) is 0 Å². The molecule has 0 saturated heterocycles. The molecule has 82 valence electrons. The van der Waals surface area contributed by atoms with Crippen LogP contribution in [0.2, 0.25) is 0 Å². The second-order valence-electron chi connectivity index (χ2n) is 5.17. The first kappa shape index (κ1) is 11.7. The molecule has 0 aromatic carbocycles. The third-order valence-corrected chi connectivity index (χ3v) is 2.92. The first-order valence-electron chi connectivity index (χ1n) is 5.49. The standard InChI is InChI=1S/C12H23NO/c1-10(12(2,3)4)13-8-11-6-5-7-14-9-11/h6,10,13H,5,7-9H2,1-4H3. The Morgan fingerprint density at radius 2 is 2.21 bits per heavy atom. The van der Waals surface area contributed by atoms with Gasteiger partial charge in [-0.3, -0.25) is 0 Å². The van der Waals surface area contributed by atoms with Crippen molar-refractivity contribution >= 4 is 0 Å². The van der Waals surface area contributed by atoms with E-state index >= 15 is 0 Å². The van der Waals surface area contributed by atoms with Gasteiger partial charge in [0, 0.05) is 12.6 Å². The molecule has 0 fully saturated rings. The summed E-state index contributed by atoms with van der Waals surface area (Å²) in [7, 11) is 0.